The standard InChI is InChI=1S/C18H25N3O5/c1-12(19-18(23)24)17(22)20-13-5-4-8-21(9-13)10-14-11-25-15-6-2-3-7-16(15)26-14/h2-3,6-7,12-14,19H,4-5,8-11H2,1H3,(H,20,22)(H,23,24)/t12-,13-,14-/m0/s1. The molecule has 0 unspecified atom stereocenters. The molecule has 8 nitrogen and oxygen atoms in total. The molecule has 8 heteroatoms. The van der Waals surface area contributed by atoms with E-state index in [-0.39, 0.29) is 18.1 Å². The highest BCUT2D eigenvalue weighted by molar-refractivity contribution is 5.85. The Labute approximate surface area is 152 Å². The number of fused-ring (bicyclic) bond motifs is 1. The summed E-state index contributed by atoms with van der Waals surface area (Å²) in [4.78, 5) is 25.0. The average molecular weight is 363 g/mol. The van der Waals surface area contributed by atoms with E-state index in [0.717, 1.165) is 37.4 Å². The lowest BCUT2D eigenvalue weighted by atomic mass is 10.0. The fraction of sp³-hybridized carbons (Fsp3) is 0.556. The molecule has 0 spiro atoms. The normalized spacial score (nSPS) is 23.7. The molecule has 2 aliphatic heterocycles. The number of carboxylic acid groups (broad SMARTS) is 1. The summed E-state index contributed by atoms with van der Waals surface area (Å²) >= 11 is 0. The molecule has 0 bridgehead atoms. The quantitative estimate of drug-likeness (QED) is 0.723. The van der Waals surface area contributed by atoms with Crippen LogP contribution in [0, 0.1) is 0 Å². The molecule has 2 aliphatic rings. The van der Waals surface area contributed by atoms with Crippen LogP contribution in [0.1, 0.15) is 19.8 Å². The Morgan fingerprint density at radius 3 is 2.88 bits per heavy atom. The number of ether oxygens (including phenoxy) is 2. The summed E-state index contributed by atoms with van der Waals surface area (Å²) < 4.78 is 11.8. The number of hydrogen-bond acceptors (Lipinski definition) is 5. The van der Waals surface area contributed by atoms with Crippen LogP contribution in [0.4, 0.5) is 4.79 Å². The maximum atomic E-state index is 12.1. The number of amides is 2. The van der Waals surface area contributed by atoms with E-state index >= 15 is 0 Å². The molecule has 3 rings (SSSR count). The van der Waals surface area contributed by atoms with E-state index in [4.69, 9.17) is 14.6 Å². The number of carbonyl (C=O) groups excluding carboxylic acids is 1. The van der Waals surface area contributed by atoms with Crippen LogP contribution < -0.4 is 20.1 Å². The van der Waals surface area contributed by atoms with E-state index in [0.29, 0.717) is 13.2 Å². The molecule has 2 heterocycles. The molecule has 0 saturated carbocycles. The van der Waals surface area contributed by atoms with Crippen molar-refractivity contribution in [3.63, 3.8) is 0 Å². The predicted octanol–water partition coefficient (Wildman–Crippen LogP) is 1.06. The number of nitrogens with one attached hydrogen (secondary N) is 2. The molecule has 0 aliphatic carbocycles. The molecule has 2 amide bonds. The van der Waals surface area contributed by atoms with Crippen molar-refractivity contribution in [1.29, 1.82) is 0 Å². The number of piperidine rings is 1. The van der Waals surface area contributed by atoms with Crippen LogP contribution in [0.2, 0.25) is 0 Å². The average Bonchev–Trinajstić information content (AvgIpc) is 2.61. The van der Waals surface area contributed by atoms with Gasteiger partial charge in [-0.15, -0.1) is 0 Å². The lowest BCUT2D eigenvalue weighted by Crippen LogP contribution is -2.54. The highest BCUT2D eigenvalue weighted by atomic mass is 16.6. The van der Waals surface area contributed by atoms with Crippen LogP contribution in [0.5, 0.6) is 11.5 Å². The smallest absolute Gasteiger partial charge is 0.405 e. The number of carbonyl (C=O) groups is 2. The van der Waals surface area contributed by atoms with Gasteiger partial charge in [-0.05, 0) is 38.4 Å². The summed E-state index contributed by atoms with van der Waals surface area (Å²) in [6, 6.07) is 6.87. The van der Waals surface area contributed by atoms with Crippen molar-refractivity contribution in [3.8, 4) is 11.5 Å². The van der Waals surface area contributed by atoms with Crippen molar-refractivity contribution in [3.05, 3.63) is 24.3 Å². The lowest BCUT2D eigenvalue weighted by molar-refractivity contribution is -0.123. The summed E-state index contributed by atoms with van der Waals surface area (Å²) in [5.74, 6) is 1.23. The van der Waals surface area contributed by atoms with Gasteiger partial charge < -0.3 is 25.2 Å². The summed E-state index contributed by atoms with van der Waals surface area (Å²) in [5.41, 5.74) is 0. The first kappa shape index (κ1) is 18.3. The molecule has 1 aromatic rings. The molecule has 3 N–H and O–H groups in total. The van der Waals surface area contributed by atoms with Crippen LogP contribution in [0.15, 0.2) is 24.3 Å². The molecule has 1 aromatic carbocycles. The highest BCUT2D eigenvalue weighted by Crippen LogP contribution is 2.31. The monoisotopic (exact) mass is 363 g/mol. The molecule has 3 atom stereocenters. The van der Waals surface area contributed by atoms with Crippen LogP contribution in [0.25, 0.3) is 0 Å². The van der Waals surface area contributed by atoms with Crippen molar-refractivity contribution in [1.82, 2.24) is 15.5 Å². The van der Waals surface area contributed by atoms with Crippen molar-refractivity contribution in [2.24, 2.45) is 0 Å². The number of rotatable bonds is 5. The maximum absolute atomic E-state index is 12.1. The maximum Gasteiger partial charge on any atom is 0.405 e. The Morgan fingerprint density at radius 2 is 2.12 bits per heavy atom. The second-order valence-corrected chi connectivity index (χ2v) is 6.78. The van der Waals surface area contributed by atoms with Gasteiger partial charge >= 0.3 is 6.09 Å². The zero-order chi connectivity index (χ0) is 18.5. The van der Waals surface area contributed by atoms with Gasteiger partial charge in [0, 0.05) is 19.1 Å². The van der Waals surface area contributed by atoms with Crippen LogP contribution in [-0.4, -0.2) is 66.4 Å². The number of nitrogens with zero attached hydrogens (tertiary/aromatic N) is 1. The molecular formula is C18H25N3O5. The van der Waals surface area contributed by atoms with Crippen molar-refractivity contribution < 1.29 is 24.2 Å². The molecule has 0 aromatic heterocycles. The van der Waals surface area contributed by atoms with Gasteiger partial charge in [-0.1, -0.05) is 12.1 Å². The van der Waals surface area contributed by atoms with Gasteiger partial charge in [0.15, 0.2) is 11.5 Å². The first-order valence-electron chi connectivity index (χ1n) is 8.92. The third-order valence-corrected chi connectivity index (χ3v) is 4.61. The van der Waals surface area contributed by atoms with E-state index in [1.54, 1.807) is 0 Å². The number of likely N-dealkylation sites (tertiary alicyclic amines) is 1. The first-order valence-corrected chi connectivity index (χ1v) is 8.92. The van der Waals surface area contributed by atoms with Crippen molar-refractivity contribution >= 4 is 12.0 Å². The lowest BCUT2D eigenvalue weighted by Gasteiger charge is -2.36. The molecule has 0 radical (unpaired) electrons. The van der Waals surface area contributed by atoms with Gasteiger partial charge in [0.05, 0.1) is 0 Å². The van der Waals surface area contributed by atoms with Crippen LogP contribution >= 0.6 is 0 Å². The minimum atomic E-state index is -1.20. The Hall–Kier alpha value is -2.48. The number of benzene rings is 1. The number of para-hydroxylation sites is 2. The minimum Gasteiger partial charge on any atom is -0.486 e. The van der Waals surface area contributed by atoms with Gasteiger partial charge in [0.25, 0.3) is 0 Å². The first-order chi connectivity index (χ1) is 12.5. The second-order valence-electron chi connectivity index (χ2n) is 6.78. The van der Waals surface area contributed by atoms with E-state index in [1.165, 1.54) is 6.92 Å². The van der Waals surface area contributed by atoms with Gasteiger partial charge in [-0.25, -0.2) is 4.79 Å². The van der Waals surface area contributed by atoms with Gasteiger partial charge in [0.1, 0.15) is 18.8 Å². The summed E-state index contributed by atoms with van der Waals surface area (Å²) in [7, 11) is 0. The van der Waals surface area contributed by atoms with E-state index < -0.39 is 12.1 Å². The Kier molecular flexibility index (Phi) is 5.82. The fourth-order valence-corrected chi connectivity index (χ4v) is 3.36. The van der Waals surface area contributed by atoms with E-state index in [2.05, 4.69) is 15.5 Å². The van der Waals surface area contributed by atoms with Gasteiger partial charge in [-0.2, -0.15) is 0 Å². The summed E-state index contributed by atoms with van der Waals surface area (Å²) in [6.07, 6.45) is 0.600. The zero-order valence-corrected chi connectivity index (χ0v) is 14.8. The van der Waals surface area contributed by atoms with Gasteiger partial charge in [0.2, 0.25) is 5.91 Å². The SMILES string of the molecule is C[C@H](NC(=O)O)C(=O)N[C@H]1CCCN(C[C@H]2COc3ccccc3O2)C1. The summed E-state index contributed by atoms with van der Waals surface area (Å²) in [5, 5.41) is 13.8. The van der Waals surface area contributed by atoms with Crippen LogP contribution in [-0.2, 0) is 4.79 Å². The molecule has 142 valence electrons. The largest absolute Gasteiger partial charge is 0.486 e. The second kappa shape index (κ2) is 8.27. The van der Waals surface area contributed by atoms with Crippen molar-refractivity contribution in [2.75, 3.05) is 26.2 Å². The summed E-state index contributed by atoms with van der Waals surface area (Å²) in [6.45, 7) is 4.42. The number of hydrogen-bond donors (Lipinski definition) is 3. The van der Waals surface area contributed by atoms with E-state index in [1.807, 2.05) is 24.3 Å². The third-order valence-electron chi connectivity index (χ3n) is 4.61. The fourth-order valence-electron chi connectivity index (χ4n) is 3.36. The molecule has 1 fully saturated rings. The minimum absolute atomic E-state index is 0.00564. The molecular weight excluding hydrogens is 338 g/mol. The van der Waals surface area contributed by atoms with Crippen molar-refractivity contribution in [2.45, 2.75) is 38.0 Å². The third kappa shape index (κ3) is 4.78. The molecule has 26 heavy (non-hydrogen) atoms. The van der Waals surface area contributed by atoms with Gasteiger partial charge in [-0.3, -0.25) is 9.69 Å². The topological polar surface area (TPSA) is 100 Å². The Morgan fingerprint density at radius 1 is 1.35 bits per heavy atom. The zero-order valence-electron chi connectivity index (χ0n) is 14.8. The van der Waals surface area contributed by atoms with E-state index in [9.17, 15) is 9.59 Å². The van der Waals surface area contributed by atoms with Crippen LogP contribution in [0.3, 0.4) is 0 Å². The Balaban J connectivity index is 1.48. The predicted molar refractivity (Wildman–Crippen MR) is 94.6 cm³/mol. The molecule has 1 saturated heterocycles. The highest BCUT2D eigenvalue weighted by Gasteiger charge is 2.28. The Bertz CT molecular complexity index is 653.